The average molecular weight is 504 g/mol. The summed E-state index contributed by atoms with van der Waals surface area (Å²) in [7, 11) is 0. The fourth-order valence-corrected chi connectivity index (χ4v) is 4.78. The molecule has 1 aromatic heterocycles. The molecule has 0 spiro atoms. The maximum Gasteiger partial charge on any atom is 0.140 e. The van der Waals surface area contributed by atoms with Gasteiger partial charge in [0.1, 0.15) is 11.6 Å². The summed E-state index contributed by atoms with van der Waals surface area (Å²) < 4.78 is 17.1. The Morgan fingerprint density at radius 1 is 0.806 bits per heavy atom. The van der Waals surface area contributed by atoms with Crippen molar-refractivity contribution in [2.75, 3.05) is 6.54 Å². The molecule has 3 nitrogen and oxygen atoms in total. The van der Waals surface area contributed by atoms with E-state index in [4.69, 9.17) is 16.6 Å². The molecule has 0 aliphatic carbocycles. The number of rotatable bonds is 12. The predicted octanol–water partition coefficient (Wildman–Crippen LogP) is 8.61. The van der Waals surface area contributed by atoms with Crippen molar-refractivity contribution in [1.82, 2.24) is 14.5 Å². The van der Waals surface area contributed by atoms with E-state index in [1.54, 1.807) is 12.1 Å². The third kappa shape index (κ3) is 6.24. The molecule has 0 radical (unpaired) electrons. The Morgan fingerprint density at radius 3 is 2.11 bits per heavy atom. The standard InChI is InChI=1S/C31H35ClFN3/c1-3-5-20-35(22-26-27(32)18-13-19-28(26)33)23-29-30(24-14-9-7-10-15-24)34-31(36(29)21-6-4-2)25-16-11-8-12-17-25/h7-19H,3-6,20-23H2,1-2H3. The topological polar surface area (TPSA) is 21.1 Å². The molecule has 0 N–H and O–H groups in total. The van der Waals surface area contributed by atoms with Crippen LogP contribution in [0.4, 0.5) is 4.39 Å². The lowest BCUT2D eigenvalue weighted by molar-refractivity contribution is 0.243. The lowest BCUT2D eigenvalue weighted by Gasteiger charge is -2.25. The molecule has 0 unspecified atom stereocenters. The molecule has 36 heavy (non-hydrogen) atoms. The molecule has 0 fully saturated rings. The highest BCUT2D eigenvalue weighted by molar-refractivity contribution is 6.31. The maximum atomic E-state index is 14.8. The number of hydrogen-bond acceptors (Lipinski definition) is 2. The van der Waals surface area contributed by atoms with Gasteiger partial charge >= 0.3 is 0 Å². The number of unbranched alkanes of at least 4 members (excludes halogenated alkanes) is 2. The van der Waals surface area contributed by atoms with E-state index in [1.807, 2.05) is 12.1 Å². The number of halogens is 2. The highest BCUT2D eigenvalue weighted by Crippen LogP contribution is 2.32. The van der Waals surface area contributed by atoms with E-state index < -0.39 is 0 Å². The second-order valence-electron chi connectivity index (χ2n) is 9.23. The number of imidazole rings is 1. The van der Waals surface area contributed by atoms with Crippen LogP contribution in [0.5, 0.6) is 0 Å². The minimum Gasteiger partial charge on any atom is -0.326 e. The van der Waals surface area contributed by atoms with Gasteiger partial charge in [0.25, 0.3) is 0 Å². The molecule has 0 bridgehead atoms. The van der Waals surface area contributed by atoms with Gasteiger partial charge in [-0.15, -0.1) is 0 Å². The normalized spacial score (nSPS) is 11.4. The minimum absolute atomic E-state index is 0.253. The fraction of sp³-hybridized carbons (Fsp3) is 0.323. The van der Waals surface area contributed by atoms with Gasteiger partial charge in [0, 0.05) is 41.3 Å². The third-order valence-electron chi connectivity index (χ3n) is 6.53. The smallest absolute Gasteiger partial charge is 0.140 e. The summed E-state index contributed by atoms with van der Waals surface area (Å²) in [6.45, 7) is 7.26. The van der Waals surface area contributed by atoms with Gasteiger partial charge < -0.3 is 4.57 Å². The average Bonchev–Trinajstić information content (AvgIpc) is 3.26. The van der Waals surface area contributed by atoms with Gasteiger partial charge in [0.15, 0.2) is 0 Å². The van der Waals surface area contributed by atoms with Gasteiger partial charge in [-0.05, 0) is 31.5 Å². The van der Waals surface area contributed by atoms with Crippen molar-refractivity contribution < 1.29 is 4.39 Å². The molecule has 4 rings (SSSR count). The number of hydrogen-bond donors (Lipinski definition) is 0. The lowest BCUT2D eigenvalue weighted by atomic mass is 10.1. The molecule has 188 valence electrons. The second kappa shape index (κ2) is 12.8. The summed E-state index contributed by atoms with van der Waals surface area (Å²) in [5, 5.41) is 0.476. The van der Waals surface area contributed by atoms with E-state index in [0.29, 0.717) is 23.7 Å². The summed E-state index contributed by atoms with van der Waals surface area (Å²) in [6, 6.07) is 25.7. The van der Waals surface area contributed by atoms with Crippen LogP contribution in [0, 0.1) is 5.82 Å². The molecule has 5 heteroatoms. The summed E-state index contributed by atoms with van der Waals surface area (Å²) in [4.78, 5) is 7.53. The van der Waals surface area contributed by atoms with Crippen molar-refractivity contribution >= 4 is 11.6 Å². The maximum absolute atomic E-state index is 14.8. The molecule has 1 heterocycles. The fourth-order valence-electron chi connectivity index (χ4n) is 4.55. The lowest BCUT2D eigenvalue weighted by Crippen LogP contribution is -2.26. The Labute approximate surface area is 219 Å². The number of nitrogens with zero attached hydrogens (tertiary/aromatic N) is 3. The summed E-state index contributed by atoms with van der Waals surface area (Å²) in [5.41, 5.74) is 4.91. The Hall–Kier alpha value is -2.95. The van der Waals surface area contributed by atoms with Crippen molar-refractivity contribution in [3.05, 3.63) is 101 Å². The minimum atomic E-state index is -0.253. The Balaban J connectivity index is 1.82. The molecule has 0 aliphatic heterocycles. The van der Waals surface area contributed by atoms with E-state index >= 15 is 0 Å². The van der Waals surface area contributed by atoms with Gasteiger partial charge in [-0.3, -0.25) is 4.90 Å². The molecule has 0 aliphatic rings. The Morgan fingerprint density at radius 2 is 1.47 bits per heavy atom. The summed E-state index contributed by atoms with van der Waals surface area (Å²) in [6.07, 6.45) is 4.25. The van der Waals surface area contributed by atoms with Gasteiger partial charge in [-0.1, -0.05) is 105 Å². The monoisotopic (exact) mass is 503 g/mol. The van der Waals surface area contributed by atoms with Crippen LogP contribution in [0.2, 0.25) is 5.02 Å². The molecule has 0 amide bonds. The van der Waals surface area contributed by atoms with Crippen molar-refractivity contribution in [3.8, 4) is 22.6 Å². The Bertz CT molecular complexity index is 1220. The van der Waals surface area contributed by atoms with Crippen LogP contribution in [-0.2, 0) is 19.6 Å². The first-order chi connectivity index (χ1) is 17.6. The molecule has 4 aromatic rings. The number of aromatic nitrogens is 2. The van der Waals surface area contributed by atoms with E-state index in [1.165, 1.54) is 6.07 Å². The predicted molar refractivity (Wildman–Crippen MR) is 148 cm³/mol. The van der Waals surface area contributed by atoms with Gasteiger partial charge in [0.05, 0.1) is 11.4 Å². The van der Waals surface area contributed by atoms with Gasteiger partial charge in [-0.25, -0.2) is 9.37 Å². The Kier molecular flexibility index (Phi) is 9.32. The number of benzene rings is 3. The molecule has 0 atom stereocenters. The zero-order chi connectivity index (χ0) is 25.3. The van der Waals surface area contributed by atoms with Crippen molar-refractivity contribution in [2.24, 2.45) is 0 Å². The highest BCUT2D eigenvalue weighted by Gasteiger charge is 2.22. The second-order valence-corrected chi connectivity index (χ2v) is 9.64. The third-order valence-corrected chi connectivity index (χ3v) is 6.89. The SMILES string of the molecule is CCCCN(Cc1c(F)cccc1Cl)Cc1c(-c2ccccc2)nc(-c2ccccc2)n1CCCC. The first-order valence-corrected chi connectivity index (χ1v) is 13.4. The van der Waals surface area contributed by atoms with E-state index in [0.717, 1.165) is 67.1 Å². The van der Waals surface area contributed by atoms with Crippen LogP contribution in [0.25, 0.3) is 22.6 Å². The molecule has 0 saturated carbocycles. The largest absolute Gasteiger partial charge is 0.326 e. The van der Waals surface area contributed by atoms with Gasteiger partial charge in [-0.2, -0.15) is 0 Å². The van der Waals surface area contributed by atoms with Crippen LogP contribution < -0.4 is 0 Å². The van der Waals surface area contributed by atoms with E-state index in [9.17, 15) is 4.39 Å². The van der Waals surface area contributed by atoms with Crippen LogP contribution in [-0.4, -0.2) is 21.0 Å². The van der Waals surface area contributed by atoms with Crippen molar-refractivity contribution in [3.63, 3.8) is 0 Å². The molecular formula is C31H35ClFN3. The zero-order valence-electron chi connectivity index (χ0n) is 21.3. The van der Waals surface area contributed by atoms with Crippen molar-refractivity contribution in [1.29, 1.82) is 0 Å². The molecule has 0 saturated heterocycles. The summed E-state index contributed by atoms with van der Waals surface area (Å²) >= 11 is 6.44. The van der Waals surface area contributed by atoms with Gasteiger partial charge in [0.2, 0.25) is 0 Å². The highest BCUT2D eigenvalue weighted by atomic mass is 35.5. The quantitative estimate of drug-likeness (QED) is 0.193. The van der Waals surface area contributed by atoms with E-state index in [-0.39, 0.29) is 5.82 Å². The van der Waals surface area contributed by atoms with E-state index in [2.05, 4.69) is 71.8 Å². The van der Waals surface area contributed by atoms with Crippen LogP contribution >= 0.6 is 11.6 Å². The van der Waals surface area contributed by atoms with Crippen LogP contribution in [0.15, 0.2) is 78.9 Å². The van der Waals surface area contributed by atoms with Crippen molar-refractivity contribution in [2.45, 2.75) is 59.2 Å². The van der Waals surface area contributed by atoms with Crippen LogP contribution in [0.1, 0.15) is 50.8 Å². The zero-order valence-corrected chi connectivity index (χ0v) is 22.0. The summed E-state index contributed by atoms with van der Waals surface area (Å²) in [5.74, 6) is 0.731. The first kappa shape index (κ1) is 26.1. The molecule has 3 aromatic carbocycles. The first-order valence-electron chi connectivity index (χ1n) is 13.0. The molecular weight excluding hydrogens is 469 g/mol. The van der Waals surface area contributed by atoms with Crippen LogP contribution in [0.3, 0.4) is 0 Å².